The van der Waals surface area contributed by atoms with Crippen molar-refractivity contribution in [2.24, 2.45) is 0 Å². The van der Waals surface area contributed by atoms with Gasteiger partial charge in [-0.1, -0.05) is 25.4 Å². The monoisotopic (exact) mass is 315 g/mol. The van der Waals surface area contributed by atoms with E-state index in [9.17, 15) is 0 Å². The van der Waals surface area contributed by atoms with Crippen molar-refractivity contribution in [2.75, 3.05) is 12.3 Å². The lowest BCUT2D eigenvalue weighted by Crippen LogP contribution is -2.39. The minimum atomic E-state index is 0.511. The van der Waals surface area contributed by atoms with Gasteiger partial charge in [-0.3, -0.25) is 4.68 Å². The fourth-order valence-corrected chi connectivity index (χ4v) is 4.68. The van der Waals surface area contributed by atoms with Gasteiger partial charge < -0.3 is 5.32 Å². The molecule has 20 heavy (non-hydrogen) atoms. The number of likely N-dealkylation sites (N-methyl/N-ethyl adjacent to an activating group) is 1. The summed E-state index contributed by atoms with van der Waals surface area (Å²) in [6.45, 7) is 8.35. The van der Waals surface area contributed by atoms with E-state index in [1.807, 2.05) is 0 Å². The molecule has 0 amide bonds. The molecule has 1 fully saturated rings. The van der Waals surface area contributed by atoms with Crippen LogP contribution in [0.5, 0.6) is 0 Å². The van der Waals surface area contributed by atoms with Crippen molar-refractivity contribution in [1.29, 1.82) is 0 Å². The summed E-state index contributed by atoms with van der Waals surface area (Å²) >= 11 is 8.65. The quantitative estimate of drug-likeness (QED) is 0.834. The number of aryl methyl sites for hydroxylation is 2. The lowest BCUT2D eigenvalue weighted by atomic mass is 10.0. The first-order valence-corrected chi connectivity index (χ1v) is 9.22. The summed E-state index contributed by atoms with van der Waals surface area (Å²) in [6.07, 6.45) is 4.56. The fraction of sp³-hybridized carbons (Fsp3) is 0.800. The first-order chi connectivity index (χ1) is 9.71. The van der Waals surface area contributed by atoms with Crippen LogP contribution >= 0.6 is 23.4 Å². The second kappa shape index (κ2) is 7.71. The predicted octanol–water partition coefficient (Wildman–Crippen LogP) is 3.54. The first-order valence-electron chi connectivity index (χ1n) is 7.80. The van der Waals surface area contributed by atoms with Crippen LogP contribution in [0.2, 0.25) is 5.02 Å². The van der Waals surface area contributed by atoms with Gasteiger partial charge in [0.2, 0.25) is 0 Å². The maximum atomic E-state index is 6.54. The van der Waals surface area contributed by atoms with Crippen molar-refractivity contribution in [3.63, 3.8) is 0 Å². The number of nitrogens with zero attached hydrogens (tertiary/aromatic N) is 2. The van der Waals surface area contributed by atoms with Crippen LogP contribution in [0, 0.1) is 0 Å². The van der Waals surface area contributed by atoms with Crippen molar-refractivity contribution >= 4 is 23.4 Å². The van der Waals surface area contributed by atoms with E-state index in [4.69, 9.17) is 11.6 Å². The highest BCUT2D eigenvalue weighted by atomic mass is 35.5. The molecule has 2 rings (SSSR count). The highest BCUT2D eigenvalue weighted by Gasteiger charge is 2.27. The number of aromatic nitrogens is 2. The zero-order chi connectivity index (χ0) is 14.5. The third-order valence-electron chi connectivity index (χ3n) is 3.99. The molecule has 0 aliphatic carbocycles. The van der Waals surface area contributed by atoms with Gasteiger partial charge in [0.05, 0.1) is 16.4 Å². The van der Waals surface area contributed by atoms with Crippen LogP contribution in [0.4, 0.5) is 0 Å². The van der Waals surface area contributed by atoms with E-state index in [0.717, 1.165) is 41.9 Å². The van der Waals surface area contributed by atoms with Gasteiger partial charge in [-0.05, 0) is 38.5 Å². The van der Waals surface area contributed by atoms with Crippen molar-refractivity contribution < 1.29 is 0 Å². The Balaban J connectivity index is 2.18. The number of rotatable bonds is 7. The fourth-order valence-electron chi connectivity index (χ4n) is 2.94. The average Bonchev–Trinajstić information content (AvgIpc) is 3.07. The van der Waals surface area contributed by atoms with Crippen LogP contribution in [0.15, 0.2) is 0 Å². The molecule has 1 aromatic heterocycles. The van der Waals surface area contributed by atoms with E-state index in [2.05, 4.69) is 47.6 Å². The van der Waals surface area contributed by atoms with Gasteiger partial charge >= 0.3 is 0 Å². The summed E-state index contributed by atoms with van der Waals surface area (Å²) in [6, 6.07) is 0.511. The van der Waals surface area contributed by atoms with Crippen LogP contribution in [0.1, 0.15) is 45.0 Å². The molecule has 1 aromatic rings. The Bertz CT molecular complexity index is 427. The van der Waals surface area contributed by atoms with Gasteiger partial charge in [0.1, 0.15) is 0 Å². The summed E-state index contributed by atoms with van der Waals surface area (Å²) < 4.78 is 2.09. The second-order valence-corrected chi connectivity index (χ2v) is 7.02. The summed E-state index contributed by atoms with van der Waals surface area (Å²) in [5.41, 5.74) is 2.25. The zero-order valence-electron chi connectivity index (χ0n) is 12.8. The van der Waals surface area contributed by atoms with Gasteiger partial charge in [-0.25, -0.2) is 0 Å². The van der Waals surface area contributed by atoms with Gasteiger partial charge in [-0.2, -0.15) is 16.9 Å². The van der Waals surface area contributed by atoms with Crippen LogP contribution in [0.25, 0.3) is 0 Å². The van der Waals surface area contributed by atoms with E-state index in [1.54, 1.807) is 0 Å². The van der Waals surface area contributed by atoms with E-state index >= 15 is 0 Å². The summed E-state index contributed by atoms with van der Waals surface area (Å²) in [5.74, 6) is 1.30. The Kier molecular flexibility index (Phi) is 6.24. The van der Waals surface area contributed by atoms with Gasteiger partial charge in [-0.15, -0.1) is 0 Å². The Labute approximate surface area is 131 Å². The van der Waals surface area contributed by atoms with Gasteiger partial charge in [0.25, 0.3) is 0 Å². The van der Waals surface area contributed by atoms with Crippen molar-refractivity contribution in [3.8, 4) is 0 Å². The number of hydrogen-bond acceptors (Lipinski definition) is 3. The highest BCUT2D eigenvalue weighted by Crippen LogP contribution is 2.32. The summed E-state index contributed by atoms with van der Waals surface area (Å²) in [5, 5.41) is 9.90. The van der Waals surface area contributed by atoms with Crippen LogP contribution in [-0.2, 0) is 19.4 Å². The van der Waals surface area contributed by atoms with E-state index in [1.165, 1.54) is 24.3 Å². The summed E-state index contributed by atoms with van der Waals surface area (Å²) in [7, 11) is 0. The molecule has 2 unspecified atom stereocenters. The highest BCUT2D eigenvalue weighted by molar-refractivity contribution is 8.00. The van der Waals surface area contributed by atoms with E-state index < -0.39 is 0 Å². The number of thioether (sulfide) groups is 1. The van der Waals surface area contributed by atoms with Crippen LogP contribution in [0.3, 0.4) is 0 Å². The minimum absolute atomic E-state index is 0.511. The zero-order valence-corrected chi connectivity index (χ0v) is 14.4. The molecule has 1 N–H and O–H groups in total. The molecular formula is C15H26ClN3S. The molecule has 0 spiro atoms. The molecule has 2 atom stereocenters. The molecule has 0 radical (unpaired) electrons. The molecule has 1 aliphatic rings. The smallest absolute Gasteiger partial charge is 0.0850 e. The maximum absolute atomic E-state index is 6.54. The van der Waals surface area contributed by atoms with E-state index in [0.29, 0.717) is 6.04 Å². The van der Waals surface area contributed by atoms with E-state index in [-0.39, 0.29) is 0 Å². The lowest BCUT2D eigenvalue weighted by molar-refractivity contribution is 0.475. The normalized spacial score (nSPS) is 20.5. The SMILES string of the molecule is CCNC(Cc1c(Cl)c(CC)nn1CC)C1CCCS1. The molecule has 0 saturated carbocycles. The molecular weight excluding hydrogens is 290 g/mol. The molecule has 3 nitrogen and oxygen atoms in total. The van der Waals surface area contributed by atoms with Crippen LogP contribution in [-0.4, -0.2) is 33.4 Å². The minimum Gasteiger partial charge on any atom is -0.313 e. The molecule has 0 aromatic carbocycles. The Morgan fingerprint density at radius 3 is 2.80 bits per heavy atom. The number of hydrogen-bond donors (Lipinski definition) is 1. The largest absolute Gasteiger partial charge is 0.313 e. The topological polar surface area (TPSA) is 29.9 Å². The lowest BCUT2D eigenvalue weighted by Gasteiger charge is -2.24. The standard InChI is InChI=1S/C15H26ClN3S/c1-4-11-15(16)13(19(6-3)18-11)10-12(17-5-2)14-8-7-9-20-14/h12,14,17H,4-10H2,1-3H3. The Morgan fingerprint density at radius 2 is 2.25 bits per heavy atom. The van der Waals surface area contributed by atoms with Crippen LogP contribution < -0.4 is 5.32 Å². The third kappa shape index (κ3) is 3.52. The first kappa shape index (κ1) is 16.2. The summed E-state index contributed by atoms with van der Waals surface area (Å²) in [4.78, 5) is 0. The maximum Gasteiger partial charge on any atom is 0.0850 e. The second-order valence-electron chi connectivity index (χ2n) is 5.30. The third-order valence-corrected chi connectivity index (χ3v) is 5.94. The predicted molar refractivity (Wildman–Crippen MR) is 88.9 cm³/mol. The molecule has 2 heterocycles. The molecule has 5 heteroatoms. The number of nitrogens with one attached hydrogen (secondary N) is 1. The van der Waals surface area contributed by atoms with Crippen molar-refractivity contribution in [3.05, 3.63) is 16.4 Å². The molecule has 114 valence electrons. The van der Waals surface area contributed by atoms with Gasteiger partial charge in [0.15, 0.2) is 0 Å². The number of halogens is 1. The van der Waals surface area contributed by atoms with Gasteiger partial charge in [0, 0.05) is 24.3 Å². The average molecular weight is 316 g/mol. The Morgan fingerprint density at radius 1 is 1.45 bits per heavy atom. The molecule has 1 saturated heterocycles. The molecule has 0 bridgehead atoms. The Hall–Kier alpha value is -0.190. The van der Waals surface area contributed by atoms with Crippen molar-refractivity contribution in [2.45, 2.75) is 64.3 Å². The molecule has 1 aliphatic heterocycles. The van der Waals surface area contributed by atoms with Crippen molar-refractivity contribution in [1.82, 2.24) is 15.1 Å².